The molecule has 3 heteroatoms. The maximum atomic E-state index is 12.1. The van der Waals surface area contributed by atoms with Gasteiger partial charge in [-0.3, -0.25) is 9.69 Å². The van der Waals surface area contributed by atoms with Crippen molar-refractivity contribution in [3.05, 3.63) is 59.7 Å². The van der Waals surface area contributed by atoms with E-state index in [-0.39, 0.29) is 11.8 Å². The van der Waals surface area contributed by atoms with E-state index in [4.69, 9.17) is 0 Å². The summed E-state index contributed by atoms with van der Waals surface area (Å²) < 4.78 is 0. The smallest absolute Gasteiger partial charge is 0.223 e. The van der Waals surface area contributed by atoms with Gasteiger partial charge in [0.15, 0.2) is 0 Å². The van der Waals surface area contributed by atoms with Crippen LogP contribution in [0.15, 0.2) is 48.5 Å². The predicted octanol–water partition coefficient (Wildman–Crippen LogP) is 4.61. The molecule has 0 aliphatic carbocycles. The number of carbonyl (C=O) groups is 1. The van der Waals surface area contributed by atoms with Crippen LogP contribution in [0.25, 0.3) is 11.1 Å². The molecule has 1 aliphatic heterocycles. The minimum atomic E-state index is 0.0621. The molecule has 1 saturated heterocycles. The van der Waals surface area contributed by atoms with E-state index in [2.05, 4.69) is 52.7 Å². The molecular weight excluding hydrogens is 320 g/mol. The van der Waals surface area contributed by atoms with Crippen LogP contribution in [0, 0.1) is 5.92 Å². The third kappa shape index (κ3) is 4.73. The molecule has 138 valence electrons. The second kappa shape index (κ2) is 9.00. The Morgan fingerprint density at radius 1 is 1.08 bits per heavy atom. The highest BCUT2D eigenvalue weighted by atomic mass is 16.1. The summed E-state index contributed by atoms with van der Waals surface area (Å²) >= 11 is 0. The number of nitrogens with one attached hydrogen (secondary N) is 1. The van der Waals surface area contributed by atoms with Crippen molar-refractivity contribution in [2.24, 2.45) is 5.92 Å². The molecule has 1 atom stereocenters. The molecule has 26 heavy (non-hydrogen) atoms. The minimum Gasteiger partial charge on any atom is -0.352 e. The van der Waals surface area contributed by atoms with Crippen LogP contribution in [0.2, 0.25) is 0 Å². The molecule has 0 radical (unpaired) electrons. The van der Waals surface area contributed by atoms with Crippen molar-refractivity contribution >= 4 is 5.91 Å². The topological polar surface area (TPSA) is 32.3 Å². The average molecular weight is 351 g/mol. The van der Waals surface area contributed by atoms with E-state index >= 15 is 0 Å². The van der Waals surface area contributed by atoms with Crippen LogP contribution in [0.5, 0.6) is 0 Å². The Bertz CT molecular complexity index is 717. The van der Waals surface area contributed by atoms with Gasteiger partial charge >= 0.3 is 0 Å². The lowest BCUT2D eigenvalue weighted by Crippen LogP contribution is -2.28. The Kier molecular flexibility index (Phi) is 6.45. The molecule has 0 spiro atoms. The number of likely N-dealkylation sites (tertiary alicyclic amines) is 1. The number of rotatable bonds is 7. The minimum absolute atomic E-state index is 0.0621. The average Bonchev–Trinajstić information content (AvgIpc) is 3.19. The highest BCUT2D eigenvalue weighted by molar-refractivity contribution is 5.78. The Labute approximate surface area is 157 Å². The number of carbonyl (C=O) groups excluding carboxylic acids is 1. The molecule has 1 unspecified atom stereocenters. The van der Waals surface area contributed by atoms with Crippen LogP contribution in [0.4, 0.5) is 0 Å². The summed E-state index contributed by atoms with van der Waals surface area (Å²) in [7, 11) is 0. The molecular formula is C23H30N2O. The van der Waals surface area contributed by atoms with Crippen molar-refractivity contribution < 1.29 is 4.79 Å². The van der Waals surface area contributed by atoms with Crippen molar-refractivity contribution in [3.8, 4) is 11.1 Å². The van der Waals surface area contributed by atoms with Crippen molar-refractivity contribution in [1.82, 2.24) is 10.2 Å². The van der Waals surface area contributed by atoms with E-state index in [9.17, 15) is 4.79 Å². The summed E-state index contributed by atoms with van der Waals surface area (Å²) in [5.41, 5.74) is 4.95. The fourth-order valence-corrected chi connectivity index (χ4v) is 3.49. The van der Waals surface area contributed by atoms with Crippen molar-refractivity contribution in [2.75, 3.05) is 13.1 Å². The van der Waals surface area contributed by atoms with E-state index in [1.165, 1.54) is 42.6 Å². The third-order valence-corrected chi connectivity index (χ3v) is 5.40. The Balaban J connectivity index is 1.69. The van der Waals surface area contributed by atoms with Crippen molar-refractivity contribution in [1.29, 1.82) is 0 Å². The lowest BCUT2D eigenvalue weighted by Gasteiger charge is -2.16. The van der Waals surface area contributed by atoms with E-state index in [1.54, 1.807) is 0 Å². The van der Waals surface area contributed by atoms with Crippen LogP contribution in [0.1, 0.15) is 44.2 Å². The van der Waals surface area contributed by atoms with Gasteiger partial charge in [-0.15, -0.1) is 0 Å². The van der Waals surface area contributed by atoms with Gasteiger partial charge in [0.2, 0.25) is 5.91 Å². The van der Waals surface area contributed by atoms with Crippen LogP contribution in [-0.4, -0.2) is 23.9 Å². The third-order valence-electron chi connectivity index (χ3n) is 5.40. The number of hydrogen-bond donors (Lipinski definition) is 1. The lowest BCUT2D eigenvalue weighted by atomic mass is 9.98. The molecule has 3 nitrogen and oxygen atoms in total. The molecule has 0 saturated carbocycles. The van der Waals surface area contributed by atoms with Gasteiger partial charge in [0, 0.05) is 19.0 Å². The fraction of sp³-hybridized carbons (Fsp3) is 0.435. The number of benzene rings is 2. The zero-order valence-electron chi connectivity index (χ0n) is 16.0. The second-order valence-electron chi connectivity index (χ2n) is 7.36. The summed E-state index contributed by atoms with van der Waals surface area (Å²) in [5, 5.41) is 3.07. The molecule has 0 aromatic heterocycles. The maximum Gasteiger partial charge on any atom is 0.223 e. The first-order valence-corrected chi connectivity index (χ1v) is 9.84. The molecule has 1 amide bonds. The highest BCUT2D eigenvalue weighted by Gasteiger charge is 2.13. The summed E-state index contributed by atoms with van der Waals surface area (Å²) in [6, 6.07) is 17.2. The Hall–Kier alpha value is -2.13. The van der Waals surface area contributed by atoms with Crippen molar-refractivity contribution in [3.63, 3.8) is 0 Å². The quantitative estimate of drug-likeness (QED) is 0.791. The molecule has 1 heterocycles. The number of nitrogens with zero attached hydrogens (tertiary/aromatic N) is 1. The molecule has 2 aromatic rings. The molecule has 1 fully saturated rings. The second-order valence-corrected chi connectivity index (χ2v) is 7.36. The van der Waals surface area contributed by atoms with Crippen LogP contribution >= 0.6 is 0 Å². The lowest BCUT2D eigenvalue weighted by molar-refractivity contribution is -0.124. The fourth-order valence-electron chi connectivity index (χ4n) is 3.49. The molecule has 3 rings (SSSR count). The summed E-state index contributed by atoms with van der Waals surface area (Å²) in [6.45, 7) is 8.09. The van der Waals surface area contributed by atoms with Gasteiger partial charge in [0.05, 0.1) is 0 Å². The van der Waals surface area contributed by atoms with Crippen LogP contribution < -0.4 is 5.32 Å². The molecule has 2 aromatic carbocycles. The van der Waals surface area contributed by atoms with E-state index in [0.717, 1.165) is 18.5 Å². The van der Waals surface area contributed by atoms with Crippen LogP contribution in [0.3, 0.4) is 0 Å². The highest BCUT2D eigenvalue weighted by Crippen LogP contribution is 2.25. The van der Waals surface area contributed by atoms with E-state index < -0.39 is 0 Å². The van der Waals surface area contributed by atoms with Gasteiger partial charge in [0.1, 0.15) is 0 Å². The zero-order valence-corrected chi connectivity index (χ0v) is 16.0. The normalized spacial score (nSPS) is 15.8. The predicted molar refractivity (Wildman–Crippen MR) is 108 cm³/mol. The number of amides is 1. The molecule has 0 bridgehead atoms. The van der Waals surface area contributed by atoms with Gasteiger partial charge in [-0.1, -0.05) is 62.4 Å². The SMILES string of the molecule is CCC(C)C(=O)NCc1ccccc1-c1ccc(CN2CCCC2)cc1. The van der Waals surface area contributed by atoms with E-state index in [0.29, 0.717) is 6.54 Å². The first kappa shape index (κ1) is 18.7. The van der Waals surface area contributed by atoms with Gasteiger partial charge in [-0.2, -0.15) is 0 Å². The monoisotopic (exact) mass is 350 g/mol. The first-order valence-electron chi connectivity index (χ1n) is 9.84. The van der Waals surface area contributed by atoms with E-state index in [1.807, 2.05) is 19.9 Å². The molecule has 1 N–H and O–H groups in total. The maximum absolute atomic E-state index is 12.1. The zero-order chi connectivity index (χ0) is 18.4. The largest absolute Gasteiger partial charge is 0.352 e. The standard InChI is InChI=1S/C23H30N2O/c1-3-18(2)23(26)24-16-21-8-4-5-9-22(21)20-12-10-19(11-13-20)17-25-14-6-7-15-25/h4-5,8-13,18H,3,6-7,14-17H2,1-2H3,(H,24,26). The Morgan fingerprint density at radius 3 is 2.46 bits per heavy atom. The van der Waals surface area contributed by atoms with Gasteiger partial charge in [0.25, 0.3) is 0 Å². The number of hydrogen-bond acceptors (Lipinski definition) is 2. The van der Waals surface area contributed by atoms with Gasteiger partial charge < -0.3 is 5.32 Å². The van der Waals surface area contributed by atoms with Crippen molar-refractivity contribution in [2.45, 2.75) is 46.2 Å². The van der Waals surface area contributed by atoms with Gasteiger partial charge in [-0.25, -0.2) is 0 Å². The molecule has 1 aliphatic rings. The van der Waals surface area contributed by atoms with Gasteiger partial charge in [-0.05, 0) is 54.6 Å². The Morgan fingerprint density at radius 2 is 1.77 bits per heavy atom. The summed E-state index contributed by atoms with van der Waals surface area (Å²) in [6.07, 6.45) is 3.52. The summed E-state index contributed by atoms with van der Waals surface area (Å²) in [4.78, 5) is 14.6. The van der Waals surface area contributed by atoms with Crippen LogP contribution in [-0.2, 0) is 17.9 Å². The summed E-state index contributed by atoms with van der Waals surface area (Å²) in [5.74, 6) is 0.190. The first-order chi connectivity index (χ1) is 12.7.